The van der Waals surface area contributed by atoms with Gasteiger partial charge in [0, 0.05) is 18.8 Å². The predicted molar refractivity (Wildman–Crippen MR) is 148 cm³/mol. The molecule has 38 heavy (non-hydrogen) atoms. The largest absolute Gasteiger partial charge is 0.517 e. The fourth-order valence-electron chi connectivity index (χ4n) is 4.25. The number of rotatable bonds is 9. The minimum absolute atomic E-state index is 0.00495. The minimum atomic E-state index is -1.08. The second-order valence-corrected chi connectivity index (χ2v) is 10.3. The molecule has 1 aromatic heterocycles. The highest BCUT2D eigenvalue weighted by atomic mass is 16.7. The molecule has 202 valence electrons. The molecule has 0 aliphatic carbocycles. The maximum atomic E-state index is 12.5. The summed E-state index contributed by atoms with van der Waals surface area (Å²) in [5.41, 5.74) is 10.7. The third-order valence-electron chi connectivity index (χ3n) is 6.21. The average molecular weight is 520 g/mol. The summed E-state index contributed by atoms with van der Waals surface area (Å²) >= 11 is 0. The topological polar surface area (TPSA) is 104 Å². The number of ether oxygens (including phenoxy) is 3. The van der Waals surface area contributed by atoms with Crippen molar-refractivity contribution in [2.45, 2.75) is 53.2 Å². The molecule has 0 aliphatic heterocycles. The van der Waals surface area contributed by atoms with E-state index in [9.17, 15) is 9.59 Å². The molecule has 1 heterocycles. The van der Waals surface area contributed by atoms with Gasteiger partial charge in [-0.1, -0.05) is 50.2 Å². The molecule has 3 aromatic rings. The average Bonchev–Trinajstić information content (AvgIpc) is 2.88. The molecule has 0 spiro atoms. The Balaban J connectivity index is 1.68. The Morgan fingerprint density at radius 1 is 1.05 bits per heavy atom. The lowest BCUT2D eigenvalue weighted by Gasteiger charge is -2.27. The normalized spacial score (nSPS) is 12.5. The molecule has 1 atom stereocenters. The molecule has 8 heteroatoms. The summed E-state index contributed by atoms with van der Waals surface area (Å²) in [6.45, 7) is 10.8. The molecule has 0 bridgehead atoms. The molecule has 2 aromatic carbocycles. The van der Waals surface area contributed by atoms with Crippen LogP contribution in [0.3, 0.4) is 0 Å². The minimum Gasteiger partial charge on any atom is -0.491 e. The fraction of sp³-hybridized carbons (Fsp3) is 0.367. The number of nitrogens with zero attached hydrogens (tertiary/aromatic N) is 2. The summed E-state index contributed by atoms with van der Waals surface area (Å²) in [5, 5.41) is 0. The zero-order valence-corrected chi connectivity index (χ0v) is 23.0. The smallest absolute Gasteiger partial charge is 0.491 e. The van der Waals surface area contributed by atoms with Crippen molar-refractivity contribution in [2.75, 3.05) is 18.6 Å². The van der Waals surface area contributed by atoms with Gasteiger partial charge in [0.25, 0.3) is 0 Å². The van der Waals surface area contributed by atoms with E-state index in [0.29, 0.717) is 18.3 Å². The third kappa shape index (κ3) is 7.79. The Morgan fingerprint density at radius 3 is 2.45 bits per heavy atom. The van der Waals surface area contributed by atoms with Crippen molar-refractivity contribution in [3.8, 4) is 16.9 Å². The van der Waals surface area contributed by atoms with E-state index in [0.717, 1.165) is 44.9 Å². The molecule has 1 amide bonds. The van der Waals surface area contributed by atoms with Gasteiger partial charge in [-0.2, -0.15) is 0 Å². The van der Waals surface area contributed by atoms with E-state index in [1.807, 2.05) is 57.2 Å². The number of hydrogen-bond acceptors (Lipinski definition) is 7. The standard InChI is InChI=1S/C30H37N3O5/c1-20(2)17-30(5,31)19-37-26-13-12-25(21(3)22(26)4)24-14-15-32-27(16-24)33(6)28(34)38-29(35)36-18-23-10-8-7-9-11-23/h7-16,20H,17-19,31H2,1-6H3. The lowest BCUT2D eigenvalue weighted by molar-refractivity contribution is 0.0722. The highest BCUT2D eigenvalue weighted by Gasteiger charge is 2.22. The van der Waals surface area contributed by atoms with Gasteiger partial charge in [-0.25, -0.2) is 14.6 Å². The van der Waals surface area contributed by atoms with Crippen LogP contribution in [0.1, 0.15) is 43.9 Å². The van der Waals surface area contributed by atoms with Gasteiger partial charge >= 0.3 is 12.2 Å². The van der Waals surface area contributed by atoms with E-state index in [1.54, 1.807) is 24.4 Å². The van der Waals surface area contributed by atoms with Gasteiger partial charge in [0.2, 0.25) is 0 Å². The summed E-state index contributed by atoms with van der Waals surface area (Å²) in [4.78, 5) is 30.0. The molecular weight excluding hydrogens is 482 g/mol. The zero-order chi connectivity index (χ0) is 27.9. The maximum absolute atomic E-state index is 12.5. The van der Waals surface area contributed by atoms with Crippen molar-refractivity contribution in [3.05, 3.63) is 77.5 Å². The Labute approximate surface area is 224 Å². The highest BCUT2D eigenvalue weighted by molar-refractivity contribution is 5.92. The van der Waals surface area contributed by atoms with Crippen LogP contribution in [0.25, 0.3) is 11.1 Å². The monoisotopic (exact) mass is 519 g/mol. The van der Waals surface area contributed by atoms with Crippen molar-refractivity contribution < 1.29 is 23.8 Å². The number of benzene rings is 2. The van der Waals surface area contributed by atoms with Crippen LogP contribution in [0.2, 0.25) is 0 Å². The SMILES string of the molecule is Cc1c(OCC(C)(N)CC(C)C)ccc(-c2ccnc(N(C)C(=O)OC(=O)OCc3ccccc3)c2)c1C. The molecule has 0 aliphatic rings. The Bertz CT molecular complexity index is 1260. The predicted octanol–water partition coefficient (Wildman–Crippen LogP) is 6.42. The molecule has 8 nitrogen and oxygen atoms in total. The molecule has 2 N–H and O–H groups in total. The lowest BCUT2D eigenvalue weighted by atomic mass is 9.92. The lowest BCUT2D eigenvalue weighted by Crippen LogP contribution is -2.43. The number of pyridine rings is 1. The van der Waals surface area contributed by atoms with Crippen molar-refractivity contribution in [2.24, 2.45) is 11.7 Å². The van der Waals surface area contributed by atoms with Crippen LogP contribution in [0.4, 0.5) is 15.4 Å². The van der Waals surface area contributed by atoms with Crippen LogP contribution >= 0.6 is 0 Å². The van der Waals surface area contributed by atoms with Crippen molar-refractivity contribution in [1.82, 2.24) is 4.98 Å². The van der Waals surface area contributed by atoms with E-state index in [4.69, 9.17) is 19.9 Å². The van der Waals surface area contributed by atoms with E-state index in [2.05, 4.69) is 18.8 Å². The van der Waals surface area contributed by atoms with Gasteiger partial charge in [-0.05, 0) is 79.1 Å². The van der Waals surface area contributed by atoms with Crippen LogP contribution < -0.4 is 15.4 Å². The molecule has 3 rings (SSSR count). The number of aromatic nitrogens is 1. The van der Waals surface area contributed by atoms with Crippen LogP contribution in [0.5, 0.6) is 5.75 Å². The van der Waals surface area contributed by atoms with E-state index in [-0.39, 0.29) is 6.61 Å². The van der Waals surface area contributed by atoms with Crippen molar-refractivity contribution >= 4 is 18.1 Å². The summed E-state index contributed by atoms with van der Waals surface area (Å²) in [5.74, 6) is 1.60. The molecule has 0 fully saturated rings. The van der Waals surface area contributed by atoms with Gasteiger partial charge < -0.3 is 19.9 Å². The highest BCUT2D eigenvalue weighted by Crippen LogP contribution is 2.33. The Morgan fingerprint density at radius 2 is 1.76 bits per heavy atom. The van der Waals surface area contributed by atoms with Crippen molar-refractivity contribution in [3.63, 3.8) is 0 Å². The fourth-order valence-corrected chi connectivity index (χ4v) is 4.25. The molecule has 1 unspecified atom stereocenters. The molecular formula is C30H37N3O5. The number of anilines is 1. The number of carbonyl (C=O) groups is 2. The van der Waals surface area contributed by atoms with Gasteiger partial charge in [0.15, 0.2) is 0 Å². The maximum Gasteiger partial charge on any atom is 0.517 e. The van der Waals surface area contributed by atoms with Crippen molar-refractivity contribution in [1.29, 1.82) is 0 Å². The van der Waals surface area contributed by atoms with Gasteiger partial charge in [-0.15, -0.1) is 0 Å². The van der Waals surface area contributed by atoms with Crippen LogP contribution in [-0.2, 0) is 16.1 Å². The van der Waals surface area contributed by atoms with E-state index in [1.165, 1.54) is 7.05 Å². The van der Waals surface area contributed by atoms with Crippen LogP contribution in [-0.4, -0.2) is 36.4 Å². The first-order valence-corrected chi connectivity index (χ1v) is 12.6. The quantitative estimate of drug-likeness (QED) is 0.257. The van der Waals surface area contributed by atoms with Gasteiger partial charge in [0.1, 0.15) is 24.8 Å². The first kappa shape index (κ1) is 28.7. The summed E-state index contributed by atoms with van der Waals surface area (Å²) in [7, 11) is 1.48. The first-order valence-electron chi connectivity index (χ1n) is 12.6. The number of nitrogens with two attached hydrogens (primary N) is 1. The van der Waals surface area contributed by atoms with Gasteiger partial charge in [0.05, 0.1) is 0 Å². The molecule has 0 radical (unpaired) electrons. The molecule has 0 saturated carbocycles. The second-order valence-electron chi connectivity index (χ2n) is 10.3. The van der Waals surface area contributed by atoms with Crippen LogP contribution in [0, 0.1) is 19.8 Å². The zero-order valence-electron chi connectivity index (χ0n) is 23.0. The summed E-state index contributed by atoms with van der Waals surface area (Å²) in [6, 6.07) is 16.7. The Hall–Kier alpha value is -3.91. The number of carbonyl (C=O) groups excluding carboxylic acids is 2. The second kappa shape index (κ2) is 12.6. The summed E-state index contributed by atoms with van der Waals surface area (Å²) in [6.07, 6.45) is 0.498. The van der Waals surface area contributed by atoms with E-state index < -0.39 is 17.8 Å². The Kier molecular flexibility index (Phi) is 9.47. The summed E-state index contributed by atoms with van der Waals surface area (Å²) < 4.78 is 16.0. The third-order valence-corrected chi connectivity index (χ3v) is 6.21. The van der Waals surface area contributed by atoms with Crippen LogP contribution in [0.15, 0.2) is 60.8 Å². The number of amides is 1. The molecule has 0 saturated heterocycles. The number of hydrogen-bond donors (Lipinski definition) is 1. The first-order chi connectivity index (χ1) is 18.0. The van der Waals surface area contributed by atoms with Gasteiger partial charge in [-0.3, -0.25) is 4.90 Å². The van der Waals surface area contributed by atoms with E-state index >= 15 is 0 Å².